The number of rotatable bonds is 4. The molecule has 0 radical (unpaired) electrons. The molecule has 0 bridgehead atoms. The number of fused-ring (bicyclic) bond motifs is 1. The molecule has 1 aliphatic heterocycles. The third kappa shape index (κ3) is 3.08. The van der Waals surface area contributed by atoms with E-state index in [0.29, 0.717) is 6.61 Å². The van der Waals surface area contributed by atoms with Crippen LogP contribution in [0.3, 0.4) is 0 Å². The van der Waals surface area contributed by atoms with E-state index in [0.717, 1.165) is 45.2 Å². The van der Waals surface area contributed by atoms with Crippen LogP contribution < -0.4 is 9.47 Å². The normalized spacial score (nSPS) is 12.7. The Bertz CT molecular complexity index is 1040. The molecule has 5 heteroatoms. The van der Waals surface area contributed by atoms with Crippen LogP contribution >= 0.6 is 0 Å². The van der Waals surface area contributed by atoms with E-state index in [4.69, 9.17) is 14.6 Å². The molecule has 27 heavy (non-hydrogen) atoms. The maximum absolute atomic E-state index is 11.0. The number of carboxylic acid groups (broad SMARTS) is 1. The van der Waals surface area contributed by atoms with Gasteiger partial charge in [0.2, 0.25) is 0 Å². The van der Waals surface area contributed by atoms with E-state index in [-0.39, 0.29) is 5.56 Å². The molecule has 3 aromatic rings. The number of ether oxygens (including phenoxy) is 2. The third-order valence-electron chi connectivity index (χ3n) is 4.72. The Morgan fingerprint density at radius 3 is 2.52 bits per heavy atom. The van der Waals surface area contributed by atoms with E-state index in [2.05, 4.69) is 11.1 Å². The molecule has 1 aliphatic rings. The van der Waals surface area contributed by atoms with Gasteiger partial charge in [-0.2, -0.15) is 0 Å². The van der Waals surface area contributed by atoms with Crippen LogP contribution in [0.2, 0.25) is 0 Å². The standard InChI is InChI=1S/C22H19NO4/c1-13-3-4-16-11-17(12-27-21(16)20(13)26-2)19-10-9-18(23-19)14-5-7-15(8-6-14)22(24)25/h3-11,23H,12H2,1-2H3,(H,24,25). The van der Waals surface area contributed by atoms with Crippen LogP contribution in [0.15, 0.2) is 48.5 Å². The molecule has 0 saturated carbocycles. The van der Waals surface area contributed by atoms with Crippen molar-refractivity contribution in [2.45, 2.75) is 6.92 Å². The van der Waals surface area contributed by atoms with Crippen molar-refractivity contribution in [3.63, 3.8) is 0 Å². The lowest BCUT2D eigenvalue weighted by Crippen LogP contribution is -2.08. The number of carboxylic acids is 1. The first-order chi connectivity index (χ1) is 13.1. The molecule has 0 amide bonds. The fourth-order valence-electron chi connectivity index (χ4n) is 3.27. The zero-order valence-electron chi connectivity index (χ0n) is 15.1. The summed E-state index contributed by atoms with van der Waals surface area (Å²) < 4.78 is 11.4. The van der Waals surface area contributed by atoms with Crippen LogP contribution in [-0.4, -0.2) is 29.8 Å². The van der Waals surface area contributed by atoms with Gasteiger partial charge in [-0.3, -0.25) is 0 Å². The Balaban J connectivity index is 1.65. The van der Waals surface area contributed by atoms with E-state index >= 15 is 0 Å². The highest BCUT2D eigenvalue weighted by atomic mass is 16.5. The average Bonchev–Trinajstić information content (AvgIpc) is 3.18. The highest BCUT2D eigenvalue weighted by molar-refractivity contribution is 5.89. The monoisotopic (exact) mass is 361 g/mol. The number of H-pyrrole nitrogens is 1. The molecule has 2 aromatic carbocycles. The summed E-state index contributed by atoms with van der Waals surface area (Å²) in [6, 6.07) is 14.8. The number of methoxy groups -OCH3 is 1. The fourth-order valence-corrected chi connectivity index (χ4v) is 3.27. The molecule has 0 spiro atoms. The van der Waals surface area contributed by atoms with Gasteiger partial charge >= 0.3 is 5.97 Å². The van der Waals surface area contributed by atoms with E-state index in [1.807, 2.05) is 31.2 Å². The first kappa shape index (κ1) is 17.0. The van der Waals surface area contributed by atoms with Gasteiger partial charge < -0.3 is 19.6 Å². The number of aryl methyl sites for hydroxylation is 1. The highest BCUT2D eigenvalue weighted by Crippen LogP contribution is 2.40. The highest BCUT2D eigenvalue weighted by Gasteiger charge is 2.19. The van der Waals surface area contributed by atoms with Gasteiger partial charge in [-0.1, -0.05) is 24.3 Å². The molecule has 0 saturated heterocycles. The van der Waals surface area contributed by atoms with Gasteiger partial charge in [-0.05, 0) is 48.4 Å². The molecule has 0 fully saturated rings. The van der Waals surface area contributed by atoms with Crippen molar-refractivity contribution in [2.24, 2.45) is 0 Å². The Morgan fingerprint density at radius 2 is 1.81 bits per heavy atom. The van der Waals surface area contributed by atoms with Crippen LogP contribution in [0.25, 0.3) is 22.9 Å². The minimum absolute atomic E-state index is 0.273. The number of aromatic amines is 1. The van der Waals surface area contributed by atoms with Crippen LogP contribution in [0.1, 0.15) is 27.2 Å². The molecular formula is C22H19NO4. The van der Waals surface area contributed by atoms with Crippen molar-refractivity contribution < 1.29 is 19.4 Å². The van der Waals surface area contributed by atoms with E-state index in [1.54, 1.807) is 31.4 Å². The SMILES string of the molecule is COc1c(C)ccc2c1OCC(c1ccc(-c3ccc(C(=O)O)cc3)[nH]1)=C2. The van der Waals surface area contributed by atoms with Crippen LogP contribution in [0.5, 0.6) is 11.5 Å². The number of carbonyl (C=O) groups is 1. The molecule has 0 aliphatic carbocycles. The van der Waals surface area contributed by atoms with Gasteiger partial charge in [0.25, 0.3) is 0 Å². The molecule has 5 nitrogen and oxygen atoms in total. The van der Waals surface area contributed by atoms with Crippen molar-refractivity contribution in [3.8, 4) is 22.8 Å². The first-order valence-corrected chi connectivity index (χ1v) is 8.61. The number of aromatic nitrogens is 1. The Morgan fingerprint density at radius 1 is 1.07 bits per heavy atom. The largest absolute Gasteiger partial charge is 0.493 e. The quantitative estimate of drug-likeness (QED) is 0.711. The lowest BCUT2D eigenvalue weighted by molar-refractivity contribution is 0.0697. The molecule has 136 valence electrons. The molecule has 2 heterocycles. The fraction of sp³-hybridized carbons (Fsp3) is 0.136. The summed E-state index contributed by atoms with van der Waals surface area (Å²) >= 11 is 0. The Hall–Kier alpha value is -3.47. The zero-order chi connectivity index (χ0) is 19.0. The van der Waals surface area contributed by atoms with E-state index < -0.39 is 5.97 Å². The molecule has 2 N–H and O–H groups in total. The Kier molecular flexibility index (Phi) is 4.20. The topological polar surface area (TPSA) is 71.6 Å². The second-order valence-corrected chi connectivity index (χ2v) is 6.46. The summed E-state index contributed by atoms with van der Waals surface area (Å²) in [4.78, 5) is 14.4. The van der Waals surface area contributed by atoms with Gasteiger partial charge in [0.15, 0.2) is 11.5 Å². The summed E-state index contributed by atoms with van der Waals surface area (Å²) in [7, 11) is 1.65. The van der Waals surface area contributed by atoms with Gasteiger partial charge in [0, 0.05) is 22.5 Å². The molecule has 0 atom stereocenters. The second-order valence-electron chi connectivity index (χ2n) is 6.46. The maximum atomic E-state index is 11.0. The lowest BCUT2D eigenvalue weighted by atomic mass is 10.0. The third-order valence-corrected chi connectivity index (χ3v) is 4.72. The smallest absolute Gasteiger partial charge is 0.335 e. The van der Waals surface area contributed by atoms with Gasteiger partial charge in [0.05, 0.1) is 12.7 Å². The van der Waals surface area contributed by atoms with Crippen LogP contribution in [0, 0.1) is 6.92 Å². The second kappa shape index (κ2) is 6.68. The average molecular weight is 361 g/mol. The number of aromatic carboxylic acids is 1. The van der Waals surface area contributed by atoms with Gasteiger partial charge in [-0.15, -0.1) is 0 Å². The molecule has 1 aromatic heterocycles. The molecule has 0 unspecified atom stereocenters. The maximum Gasteiger partial charge on any atom is 0.335 e. The number of hydrogen-bond acceptors (Lipinski definition) is 3. The van der Waals surface area contributed by atoms with Crippen LogP contribution in [0.4, 0.5) is 0 Å². The lowest BCUT2D eigenvalue weighted by Gasteiger charge is -2.21. The van der Waals surface area contributed by atoms with Crippen molar-refractivity contribution in [1.82, 2.24) is 4.98 Å². The first-order valence-electron chi connectivity index (χ1n) is 8.61. The summed E-state index contributed by atoms with van der Waals surface area (Å²) in [5, 5.41) is 9.02. The molecule has 4 rings (SSSR count). The summed E-state index contributed by atoms with van der Waals surface area (Å²) in [5.74, 6) is 0.619. The van der Waals surface area contributed by atoms with Gasteiger partial charge in [0.1, 0.15) is 6.61 Å². The predicted molar refractivity (Wildman–Crippen MR) is 104 cm³/mol. The number of nitrogens with one attached hydrogen (secondary N) is 1. The predicted octanol–water partition coefficient (Wildman–Crippen LogP) is 4.63. The van der Waals surface area contributed by atoms with Gasteiger partial charge in [-0.25, -0.2) is 4.79 Å². The zero-order valence-corrected chi connectivity index (χ0v) is 15.1. The minimum Gasteiger partial charge on any atom is -0.493 e. The van der Waals surface area contributed by atoms with E-state index in [9.17, 15) is 4.79 Å². The number of benzene rings is 2. The summed E-state index contributed by atoms with van der Waals surface area (Å²) in [6.45, 7) is 2.44. The minimum atomic E-state index is -0.928. The van der Waals surface area contributed by atoms with Crippen LogP contribution in [-0.2, 0) is 0 Å². The van der Waals surface area contributed by atoms with E-state index in [1.165, 1.54) is 0 Å². The van der Waals surface area contributed by atoms with Crippen molar-refractivity contribution in [2.75, 3.05) is 13.7 Å². The van der Waals surface area contributed by atoms with Crippen molar-refractivity contribution >= 4 is 17.6 Å². The summed E-state index contributed by atoms with van der Waals surface area (Å²) in [6.07, 6.45) is 2.10. The van der Waals surface area contributed by atoms with Crippen molar-refractivity contribution in [3.05, 3.63) is 70.9 Å². The number of hydrogen-bond donors (Lipinski definition) is 2. The Labute approximate surface area is 156 Å². The summed E-state index contributed by atoms with van der Waals surface area (Å²) in [5.41, 5.74) is 6.17. The molecular weight excluding hydrogens is 342 g/mol. The van der Waals surface area contributed by atoms with Crippen molar-refractivity contribution in [1.29, 1.82) is 0 Å².